The first-order chi connectivity index (χ1) is 12.5. The highest BCUT2D eigenvalue weighted by Crippen LogP contribution is 2.13. The molecule has 0 fully saturated rings. The van der Waals surface area contributed by atoms with E-state index in [1.807, 2.05) is 30.3 Å². The monoisotopic (exact) mass is 365 g/mol. The van der Waals surface area contributed by atoms with E-state index in [9.17, 15) is 14.4 Å². The van der Waals surface area contributed by atoms with Gasteiger partial charge in [0.25, 0.3) is 0 Å². The zero-order chi connectivity index (χ0) is 19.4. The highest BCUT2D eigenvalue weighted by atomic mass is 16.7. The van der Waals surface area contributed by atoms with Gasteiger partial charge in [-0.25, -0.2) is 4.79 Å². The number of hydroxylamine groups is 2. The minimum atomic E-state index is -0.990. The molecule has 144 valence electrons. The molecule has 1 atom stereocenters. The lowest BCUT2D eigenvalue weighted by atomic mass is 10.1. The van der Waals surface area contributed by atoms with Crippen molar-refractivity contribution >= 4 is 17.9 Å². The van der Waals surface area contributed by atoms with Crippen LogP contribution in [-0.2, 0) is 35.2 Å². The van der Waals surface area contributed by atoms with Crippen LogP contribution in [0.5, 0.6) is 0 Å². The molecule has 0 aliphatic carbocycles. The second-order valence-corrected chi connectivity index (χ2v) is 5.53. The van der Waals surface area contributed by atoms with Crippen molar-refractivity contribution in [2.75, 3.05) is 19.8 Å². The number of esters is 2. The fourth-order valence-corrected chi connectivity index (χ4v) is 2.26. The van der Waals surface area contributed by atoms with Gasteiger partial charge >= 0.3 is 17.9 Å². The third kappa shape index (κ3) is 7.65. The van der Waals surface area contributed by atoms with Crippen molar-refractivity contribution in [3.63, 3.8) is 0 Å². The van der Waals surface area contributed by atoms with E-state index >= 15 is 0 Å². The van der Waals surface area contributed by atoms with E-state index < -0.39 is 17.9 Å². The molecule has 7 nitrogen and oxygen atoms in total. The summed E-state index contributed by atoms with van der Waals surface area (Å²) in [6.07, 6.45) is 0.346. The first-order valence-corrected chi connectivity index (χ1v) is 8.84. The summed E-state index contributed by atoms with van der Waals surface area (Å²) in [6, 6.07) is 9.39. The minimum absolute atomic E-state index is 0.0736. The summed E-state index contributed by atoms with van der Waals surface area (Å²) < 4.78 is 9.82. The molecule has 1 aromatic carbocycles. The number of nitrogens with zero attached hydrogens (tertiary/aromatic N) is 1. The van der Waals surface area contributed by atoms with E-state index in [2.05, 4.69) is 0 Å². The smallest absolute Gasteiger partial charge is 0.339 e. The second kappa shape index (κ2) is 12.0. The van der Waals surface area contributed by atoms with Crippen LogP contribution in [0.2, 0.25) is 0 Å². The molecule has 0 saturated carbocycles. The van der Waals surface area contributed by atoms with Crippen LogP contribution in [0.3, 0.4) is 0 Å². The molecule has 1 unspecified atom stereocenters. The molecule has 1 rings (SSSR count). The number of rotatable bonds is 11. The van der Waals surface area contributed by atoms with Crippen LogP contribution in [-0.4, -0.2) is 42.7 Å². The van der Waals surface area contributed by atoms with Crippen molar-refractivity contribution in [3.05, 3.63) is 35.9 Å². The Labute approximate surface area is 154 Å². The van der Waals surface area contributed by atoms with E-state index in [1.54, 1.807) is 20.8 Å². The maximum absolute atomic E-state index is 12.4. The molecule has 0 radical (unpaired) electrons. The minimum Gasteiger partial charge on any atom is -0.466 e. The molecule has 0 bridgehead atoms. The van der Waals surface area contributed by atoms with Crippen molar-refractivity contribution < 1.29 is 28.7 Å². The topological polar surface area (TPSA) is 82.1 Å². The maximum Gasteiger partial charge on any atom is 0.339 e. The Kier molecular flexibility index (Phi) is 10.0. The van der Waals surface area contributed by atoms with E-state index in [4.69, 9.17) is 14.3 Å². The summed E-state index contributed by atoms with van der Waals surface area (Å²) in [5, 5.41) is 1.37. The van der Waals surface area contributed by atoms with Crippen LogP contribution in [0.15, 0.2) is 30.3 Å². The van der Waals surface area contributed by atoms with E-state index in [-0.39, 0.29) is 38.6 Å². The van der Waals surface area contributed by atoms with E-state index in [0.29, 0.717) is 6.54 Å². The van der Waals surface area contributed by atoms with Gasteiger partial charge in [0.15, 0.2) is 5.92 Å². The molecule has 1 aromatic rings. The molecule has 0 aliphatic rings. The Morgan fingerprint density at radius 3 is 2.19 bits per heavy atom. The summed E-state index contributed by atoms with van der Waals surface area (Å²) in [6.45, 7) is 6.06. The van der Waals surface area contributed by atoms with Gasteiger partial charge in [0.2, 0.25) is 0 Å². The summed E-state index contributed by atoms with van der Waals surface area (Å²) in [4.78, 5) is 41.3. The number of carbonyl (C=O) groups is 3. The van der Waals surface area contributed by atoms with Gasteiger partial charge in [0.1, 0.15) is 0 Å². The van der Waals surface area contributed by atoms with E-state index in [1.165, 1.54) is 5.06 Å². The predicted octanol–water partition coefficient (Wildman–Crippen LogP) is 2.49. The van der Waals surface area contributed by atoms with Gasteiger partial charge in [0.05, 0.1) is 26.2 Å². The fourth-order valence-electron chi connectivity index (χ4n) is 2.26. The van der Waals surface area contributed by atoms with Crippen LogP contribution in [0, 0.1) is 5.92 Å². The first-order valence-electron chi connectivity index (χ1n) is 8.84. The molecule has 0 aliphatic heterocycles. The lowest BCUT2D eigenvalue weighted by Gasteiger charge is -2.23. The molecule has 26 heavy (non-hydrogen) atoms. The van der Waals surface area contributed by atoms with E-state index in [0.717, 1.165) is 5.56 Å². The van der Waals surface area contributed by atoms with Crippen LogP contribution < -0.4 is 0 Å². The van der Waals surface area contributed by atoms with Gasteiger partial charge in [-0.3, -0.25) is 9.59 Å². The van der Waals surface area contributed by atoms with Crippen molar-refractivity contribution in [2.24, 2.45) is 5.92 Å². The van der Waals surface area contributed by atoms with Gasteiger partial charge in [0, 0.05) is 6.54 Å². The van der Waals surface area contributed by atoms with Gasteiger partial charge in [-0.1, -0.05) is 37.3 Å². The molecule has 7 heteroatoms. The molecule has 0 spiro atoms. The average Bonchev–Trinajstić information content (AvgIpc) is 2.61. The molecule has 0 aromatic heterocycles. The average molecular weight is 365 g/mol. The molecule has 0 saturated heterocycles. The maximum atomic E-state index is 12.4. The second-order valence-electron chi connectivity index (χ2n) is 5.53. The summed E-state index contributed by atoms with van der Waals surface area (Å²) >= 11 is 0. The number of ether oxygens (including phenoxy) is 2. The van der Waals surface area contributed by atoms with Gasteiger partial charge < -0.3 is 14.3 Å². The predicted molar refractivity (Wildman–Crippen MR) is 94.6 cm³/mol. The van der Waals surface area contributed by atoms with Crippen molar-refractivity contribution in [3.8, 4) is 0 Å². The summed E-state index contributed by atoms with van der Waals surface area (Å²) in [5.74, 6) is -2.66. The first kappa shape index (κ1) is 21.6. The highest BCUT2D eigenvalue weighted by Gasteiger charge is 2.30. The zero-order valence-corrected chi connectivity index (χ0v) is 15.6. The quantitative estimate of drug-likeness (QED) is 0.338. The third-order valence-corrected chi connectivity index (χ3v) is 3.56. The Morgan fingerprint density at radius 1 is 0.962 bits per heavy atom. The molecule has 0 N–H and O–H groups in total. The number of hydrogen-bond acceptors (Lipinski definition) is 7. The Bertz CT molecular complexity index is 575. The Balaban J connectivity index is 2.77. The van der Waals surface area contributed by atoms with Crippen molar-refractivity contribution in [2.45, 2.75) is 40.2 Å². The van der Waals surface area contributed by atoms with Crippen molar-refractivity contribution in [1.82, 2.24) is 5.06 Å². The van der Waals surface area contributed by atoms with Crippen molar-refractivity contribution in [1.29, 1.82) is 0 Å². The molecular weight excluding hydrogens is 338 g/mol. The number of hydrogen-bond donors (Lipinski definition) is 0. The van der Waals surface area contributed by atoms with Gasteiger partial charge in [-0.2, -0.15) is 0 Å². The van der Waals surface area contributed by atoms with Gasteiger partial charge in [-0.05, 0) is 25.8 Å². The van der Waals surface area contributed by atoms with Crippen LogP contribution in [0.25, 0.3) is 0 Å². The molecule has 0 heterocycles. The van der Waals surface area contributed by atoms with Crippen LogP contribution in [0.4, 0.5) is 0 Å². The Hall–Kier alpha value is -2.41. The summed E-state index contributed by atoms with van der Waals surface area (Å²) in [7, 11) is 0. The summed E-state index contributed by atoms with van der Waals surface area (Å²) in [5.41, 5.74) is 0.911. The SMILES string of the molecule is CCOC(=O)CCN(Cc1ccccc1)OC(=O)C(CC)C(=O)OCC. The molecule has 0 amide bonds. The zero-order valence-electron chi connectivity index (χ0n) is 15.6. The lowest BCUT2D eigenvalue weighted by Crippen LogP contribution is -2.35. The lowest BCUT2D eigenvalue weighted by molar-refractivity contribution is -0.203. The Morgan fingerprint density at radius 2 is 1.62 bits per heavy atom. The fraction of sp³-hybridized carbons (Fsp3) is 0.526. The van der Waals surface area contributed by atoms with Crippen LogP contribution in [0.1, 0.15) is 39.2 Å². The normalized spacial score (nSPS) is 11.7. The number of carbonyl (C=O) groups excluding carboxylic acids is 3. The largest absolute Gasteiger partial charge is 0.466 e. The van der Waals surface area contributed by atoms with Crippen LogP contribution >= 0.6 is 0 Å². The standard InChI is InChI=1S/C19H27NO6/c1-4-16(18(22)25-6-3)19(23)26-20(13-12-17(21)24-5-2)14-15-10-8-7-9-11-15/h7-11,16H,4-6,12-14H2,1-3H3. The molecular formula is C19H27NO6. The number of benzene rings is 1. The third-order valence-electron chi connectivity index (χ3n) is 3.56. The highest BCUT2D eigenvalue weighted by molar-refractivity contribution is 5.94. The van der Waals surface area contributed by atoms with Gasteiger partial charge in [-0.15, -0.1) is 5.06 Å².